The number of phenols is 1. The number of para-hydroxylation sites is 1. The average molecular weight is 562 g/mol. The van der Waals surface area contributed by atoms with E-state index in [1.165, 1.54) is 37.7 Å². The molecular weight excluding hydrogens is 522 g/mol. The molecule has 0 bridgehead atoms. The number of anilines is 1. The number of rotatable bonds is 12. The second-order valence-electron chi connectivity index (χ2n) is 11.5. The van der Waals surface area contributed by atoms with Gasteiger partial charge in [0.2, 0.25) is 0 Å². The lowest BCUT2D eigenvalue weighted by Gasteiger charge is -2.34. The van der Waals surface area contributed by atoms with Crippen LogP contribution in [-0.2, 0) is 6.42 Å². The molecule has 4 aromatic rings. The van der Waals surface area contributed by atoms with Gasteiger partial charge in [-0.1, -0.05) is 61.0 Å². The van der Waals surface area contributed by atoms with Crippen molar-refractivity contribution in [2.75, 3.05) is 18.5 Å². The number of aromatic hydroxyl groups is 1. The standard InChI is InChI=1S/C37H39NO4/c1-2-41-35-15-4-3-8-25(35)20-21-42-32-14-7-13-31(24-32)38-37(40)33-23-29(18-19-34(33)39)28-11-6-12-30(22-28)36(27-16-17-27)26-9-5-10-26/h3-4,6-8,11-15,18-19,22-24,26-27,36,39H,2,5,9-10,16-17,20-21H2,1H3,(H,38,40). The van der Waals surface area contributed by atoms with Crippen molar-refractivity contribution in [1.29, 1.82) is 0 Å². The first kappa shape index (κ1) is 27.9. The quantitative estimate of drug-likeness (QED) is 0.182. The molecule has 0 saturated heterocycles. The maximum Gasteiger partial charge on any atom is 0.259 e. The lowest BCUT2D eigenvalue weighted by Crippen LogP contribution is -2.21. The van der Waals surface area contributed by atoms with Crippen molar-refractivity contribution in [3.8, 4) is 28.4 Å². The molecule has 0 heterocycles. The fourth-order valence-electron chi connectivity index (χ4n) is 6.15. The number of amides is 1. The molecule has 42 heavy (non-hydrogen) atoms. The molecule has 2 aliphatic carbocycles. The number of hydrogen-bond donors (Lipinski definition) is 2. The topological polar surface area (TPSA) is 67.8 Å². The van der Waals surface area contributed by atoms with Crippen LogP contribution in [0, 0.1) is 11.8 Å². The minimum Gasteiger partial charge on any atom is -0.507 e. The molecular formula is C37H39NO4. The molecule has 1 unspecified atom stereocenters. The van der Waals surface area contributed by atoms with Crippen molar-refractivity contribution in [3.63, 3.8) is 0 Å². The van der Waals surface area contributed by atoms with Crippen LogP contribution in [-0.4, -0.2) is 24.2 Å². The maximum absolute atomic E-state index is 13.3. The summed E-state index contributed by atoms with van der Waals surface area (Å²) in [5.74, 6) is 3.40. The molecule has 6 rings (SSSR count). The minimum absolute atomic E-state index is 0.0434. The maximum atomic E-state index is 13.3. The Bertz CT molecular complexity index is 1540. The Labute approximate surface area is 248 Å². The van der Waals surface area contributed by atoms with Crippen LogP contribution >= 0.6 is 0 Å². The molecule has 216 valence electrons. The van der Waals surface area contributed by atoms with E-state index in [9.17, 15) is 9.90 Å². The largest absolute Gasteiger partial charge is 0.507 e. The van der Waals surface area contributed by atoms with E-state index in [0.717, 1.165) is 34.3 Å². The van der Waals surface area contributed by atoms with Crippen molar-refractivity contribution in [3.05, 3.63) is 108 Å². The van der Waals surface area contributed by atoms with Crippen molar-refractivity contribution in [2.24, 2.45) is 11.8 Å². The van der Waals surface area contributed by atoms with Crippen LogP contribution in [0.15, 0.2) is 91.0 Å². The van der Waals surface area contributed by atoms with Gasteiger partial charge in [0.15, 0.2) is 0 Å². The number of phenolic OH excluding ortho intramolecular Hbond substituents is 1. The molecule has 2 aliphatic rings. The molecule has 2 fully saturated rings. The molecule has 0 radical (unpaired) electrons. The van der Waals surface area contributed by atoms with E-state index in [2.05, 4.69) is 29.6 Å². The van der Waals surface area contributed by atoms with Gasteiger partial charge in [0.25, 0.3) is 5.91 Å². The van der Waals surface area contributed by atoms with Crippen molar-refractivity contribution >= 4 is 11.6 Å². The zero-order valence-corrected chi connectivity index (χ0v) is 24.2. The van der Waals surface area contributed by atoms with E-state index in [1.54, 1.807) is 18.2 Å². The first-order valence-corrected chi connectivity index (χ1v) is 15.3. The van der Waals surface area contributed by atoms with E-state index in [0.29, 0.717) is 37.0 Å². The molecule has 5 heteroatoms. The fourth-order valence-corrected chi connectivity index (χ4v) is 6.15. The number of nitrogens with one attached hydrogen (secondary N) is 1. The van der Waals surface area contributed by atoms with Crippen molar-refractivity contribution in [2.45, 2.75) is 51.4 Å². The van der Waals surface area contributed by atoms with Crippen LogP contribution in [0.4, 0.5) is 5.69 Å². The summed E-state index contributed by atoms with van der Waals surface area (Å²) in [5.41, 5.74) is 5.36. The highest BCUT2D eigenvalue weighted by molar-refractivity contribution is 6.07. The lowest BCUT2D eigenvalue weighted by atomic mass is 9.70. The molecule has 1 atom stereocenters. The zero-order chi connectivity index (χ0) is 28.9. The van der Waals surface area contributed by atoms with Gasteiger partial charge < -0.3 is 19.9 Å². The zero-order valence-electron chi connectivity index (χ0n) is 24.2. The summed E-state index contributed by atoms with van der Waals surface area (Å²) >= 11 is 0. The second-order valence-corrected chi connectivity index (χ2v) is 11.5. The van der Waals surface area contributed by atoms with Gasteiger partial charge >= 0.3 is 0 Å². The smallest absolute Gasteiger partial charge is 0.259 e. The van der Waals surface area contributed by atoms with Gasteiger partial charge in [-0.05, 0) is 103 Å². The summed E-state index contributed by atoms with van der Waals surface area (Å²) in [5, 5.41) is 13.5. The third-order valence-electron chi connectivity index (χ3n) is 8.64. The van der Waals surface area contributed by atoms with E-state index in [-0.39, 0.29) is 17.2 Å². The summed E-state index contributed by atoms with van der Waals surface area (Å²) in [4.78, 5) is 13.3. The lowest BCUT2D eigenvalue weighted by molar-refractivity contribution is 0.102. The molecule has 4 aromatic carbocycles. The third-order valence-corrected chi connectivity index (χ3v) is 8.64. The van der Waals surface area contributed by atoms with Gasteiger partial charge in [0.1, 0.15) is 17.2 Å². The van der Waals surface area contributed by atoms with E-state index < -0.39 is 0 Å². The number of carbonyl (C=O) groups is 1. The highest BCUT2D eigenvalue weighted by Gasteiger charge is 2.39. The van der Waals surface area contributed by atoms with Gasteiger partial charge in [0.05, 0.1) is 18.8 Å². The number of carbonyl (C=O) groups excluding carboxylic acids is 1. The Hall–Kier alpha value is -4.25. The molecule has 0 aliphatic heterocycles. The van der Waals surface area contributed by atoms with Gasteiger partial charge in [-0.2, -0.15) is 0 Å². The molecule has 2 N–H and O–H groups in total. The Balaban J connectivity index is 1.13. The van der Waals surface area contributed by atoms with Crippen LogP contribution in [0.25, 0.3) is 11.1 Å². The van der Waals surface area contributed by atoms with Crippen LogP contribution in [0.3, 0.4) is 0 Å². The Morgan fingerprint density at radius 3 is 2.43 bits per heavy atom. The SMILES string of the molecule is CCOc1ccccc1CCOc1cccc(NC(=O)c2cc(-c3cccc(C(C4CCC4)C4CC4)c3)ccc2O)c1. The molecule has 2 saturated carbocycles. The van der Waals surface area contributed by atoms with Crippen molar-refractivity contribution < 1.29 is 19.4 Å². The molecule has 5 nitrogen and oxygen atoms in total. The first-order chi connectivity index (χ1) is 20.6. The van der Waals surface area contributed by atoms with Crippen LogP contribution in [0.1, 0.15) is 66.4 Å². The van der Waals surface area contributed by atoms with E-state index >= 15 is 0 Å². The minimum atomic E-state index is -0.362. The average Bonchev–Trinajstić information content (AvgIpc) is 3.82. The number of benzene rings is 4. The summed E-state index contributed by atoms with van der Waals surface area (Å²) in [6.45, 7) is 3.07. The third kappa shape index (κ3) is 6.46. The van der Waals surface area contributed by atoms with Gasteiger partial charge in [-0.15, -0.1) is 0 Å². The molecule has 0 aromatic heterocycles. The van der Waals surface area contributed by atoms with E-state index in [1.807, 2.05) is 55.5 Å². The van der Waals surface area contributed by atoms with Gasteiger partial charge in [-0.25, -0.2) is 0 Å². The molecule has 1 amide bonds. The Kier molecular flexibility index (Phi) is 8.45. The van der Waals surface area contributed by atoms with Gasteiger partial charge in [-0.3, -0.25) is 4.79 Å². The summed E-state index contributed by atoms with van der Waals surface area (Å²) < 4.78 is 11.7. The Morgan fingerprint density at radius 1 is 0.857 bits per heavy atom. The summed E-state index contributed by atoms with van der Waals surface area (Å²) in [6, 6.07) is 29.4. The summed E-state index contributed by atoms with van der Waals surface area (Å²) in [7, 11) is 0. The van der Waals surface area contributed by atoms with Crippen LogP contribution in [0.5, 0.6) is 17.2 Å². The van der Waals surface area contributed by atoms with Gasteiger partial charge in [0, 0.05) is 18.2 Å². The molecule has 0 spiro atoms. The number of hydrogen-bond acceptors (Lipinski definition) is 4. The monoisotopic (exact) mass is 561 g/mol. The number of ether oxygens (including phenoxy) is 2. The highest BCUT2D eigenvalue weighted by atomic mass is 16.5. The highest BCUT2D eigenvalue weighted by Crippen LogP contribution is 2.52. The second kappa shape index (κ2) is 12.7. The predicted octanol–water partition coefficient (Wildman–Crippen LogP) is 8.63. The Morgan fingerprint density at radius 2 is 1.64 bits per heavy atom. The fraction of sp³-hybridized carbons (Fsp3) is 0.324. The van der Waals surface area contributed by atoms with E-state index in [4.69, 9.17) is 9.47 Å². The summed E-state index contributed by atoms with van der Waals surface area (Å²) in [6.07, 6.45) is 7.40. The predicted molar refractivity (Wildman–Crippen MR) is 168 cm³/mol. The van der Waals surface area contributed by atoms with Crippen LogP contribution in [0.2, 0.25) is 0 Å². The van der Waals surface area contributed by atoms with Crippen LogP contribution < -0.4 is 14.8 Å². The first-order valence-electron chi connectivity index (χ1n) is 15.3. The normalized spacial score (nSPS) is 15.5. The van der Waals surface area contributed by atoms with Crippen molar-refractivity contribution in [1.82, 2.24) is 0 Å².